The van der Waals surface area contributed by atoms with Gasteiger partial charge in [0.05, 0.1) is 0 Å². The van der Waals surface area contributed by atoms with Gasteiger partial charge in [0, 0.05) is 32.3 Å². The minimum absolute atomic E-state index is 0.408. The van der Waals surface area contributed by atoms with Crippen molar-refractivity contribution in [3.63, 3.8) is 0 Å². The number of hydrogen-bond acceptors (Lipinski definition) is 3. The average molecular weight is 270 g/mol. The molecule has 0 bridgehead atoms. The van der Waals surface area contributed by atoms with Crippen LogP contribution in [0.3, 0.4) is 0 Å². The van der Waals surface area contributed by atoms with Gasteiger partial charge < -0.3 is 13.3 Å². The Bertz CT molecular complexity index is 978. The molecular formula is C18H6O3. The summed E-state index contributed by atoms with van der Waals surface area (Å²) < 4.78 is 16.4. The van der Waals surface area contributed by atoms with Crippen LogP contribution in [-0.4, -0.2) is 0 Å². The second-order valence-electron chi connectivity index (χ2n) is 4.49. The second-order valence-corrected chi connectivity index (χ2v) is 4.49. The summed E-state index contributed by atoms with van der Waals surface area (Å²) >= 11 is 0. The molecule has 0 aliphatic heterocycles. The maximum atomic E-state index is 5.50. The maximum absolute atomic E-state index is 5.50. The number of hydrogen-bond donors (Lipinski definition) is 0. The third kappa shape index (κ3) is 1.22. The molecule has 4 aromatic rings. The first-order valence-corrected chi connectivity index (χ1v) is 6.05. The van der Waals surface area contributed by atoms with Crippen LogP contribution in [0, 0.1) is 37.0 Å². The zero-order valence-electron chi connectivity index (χ0n) is 10.7. The van der Waals surface area contributed by atoms with Crippen LogP contribution in [0.2, 0.25) is 0 Å². The Labute approximate surface area is 119 Å². The predicted octanol–water partition coefficient (Wildman–Crippen LogP) is 3.87. The van der Waals surface area contributed by atoms with E-state index in [0.29, 0.717) is 17.3 Å². The van der Waals surface area contributed by atoms with Crippen molar-refractivity contribution in [2.24, 2.45) is 0 Å². The summed E-state index contributed by atoms with van der Waals surface area (Å²) in [6.07, 6.45) is 21.2. The van der Waals surface area contributed by atoms with Gasteiger partial charge in [-0.15, -0.1) is 19.3 Å². The third-order valence-electron chi connectivity index (χ3n) is 3.57. The highest BCUT2D eigenvalue weighted by Gasteiger charge is 2.21. The summed E-state index contributed by atoms with van der Waals surface area (Å²) in [4.78, 5) is 0. The van der Waals surface area contributed by atoms with Gasteiger partial charge in [-0.25, -0.2) is 0 Å². The topological polar surface area (TPSA) is 39.4 Å². The number of rotatable bonds is 0. The van der Waals surface area contributed by atoms with Gasteiger partial charge in [0.2, 0.25) is 0 Å². The largest absolute Gasteiger partial charge is 0.455 e. The Morgan fingerprint density at radius 1 is 0.571 bits per heavy atom. The van der Waals surface area contributed by atoms with E-state index in [1.54, 1.807) is 18.8 Å². The molecule has 0 radical (unpaired) electrons. The highest BCUT2D eigenvalue weighted by atomic mass is 16.3. The minimum atomic E-state index is 0.408. The zero-order valence-corrected chi connectivity index (χ0v) is 10.7. The standard InChI is InChI=1S/C18H6O3/c1-4-13-16-10(7-19-13)17-12(9-21-14(17)5-2)18-11(16)8-20-15(18)6-3/h1-3,7-9H. The summed E-state index contributed by atoms with van der Waals surface area (Å²) in [6, 6.07) is 0. The second kappa shape index (κ2) is 3.76. The quantitative estimate of drug-likeness (QED) is 0.455. The molecule has 4 rings (SSSR count). The van der Waals surface area contributed by atoms with E-state index in [1.165, 1.54) is 0 Å². The summed E-state index contributed by atoms with van der Waals surface area (Å²) in [6.45, 7) is 0. The van der Waals surface area contributed by atoms with E-state index in [2.05, 4.69) is 17.8 Å². The van der Waals surface area contributed by atoms with E-state index in [9.17, 15) is 0 Å². The molecule has 1 aromatic carbocycles. The lowest BCUT2D eigenvalue weighted by atomic mass is 9.99. The number of furan rings is 3. The van der Waals surface area contributed by atoms with Crippen molar-refractivity contribution in [3.8, 4) is 37.0 Å². The molecule has 0 amide bonds. The summed E-state index contributed by atoms with van der Waals surface area (Å²) in [5.41, 5.74) is 0. The van der Waals surface area contributed by atoms with Crippen LogP contribution in [0.5, 0.6) is 0 Å². The highest BCUT2D eigenvalue weighted by molar-refractivity contribution is 6.28. The molecular weight excluding hydrogens is 264 g/mol. The zero-order chi connectivity index (χ0) is 14.6. The molecule has 3 aromatic heterocycles. The van der Waals surface area contributed by atoms with Crippen LogP contribution in [0.4, 0.5) is 0 Å². The van der Waals surface area contributed by atoms with Gasteiger partial charge in [0.1, 0.15) is 18.8 Å². The van der Waals surface area contributed by atoms with Crippen molar-refractivity contribution in [2.45, 2.75) is 0 Å². The van der Waals surface area contributed by atoms with Crippen LogP contribution in [0.15, 0.2) is 32.0 Å². The first-order valence-electron chi connectivity index (χ1n) is 6.05. The van der Waals surface area contributed by atoms with Gasteiger partial charge in [0.25, 0.3) is 0 Å². The van der Waals surface area contributed by atoms with E-state index in [0.717, 1.165) is 32.3 Å². The van der Waals surface area contributed by atoms with Crippen molar-refractivity contribution in [1.82, 2.24) is 0 Å². The molecule has 3 heteroatoms. The van der Waals surface area contributed by atoms with Crippen molar-refractivity contribution in [2.75, 3.05) is 0 Å². The van der Waals surface area contributed by atoms with Crippen molar-refractivity contribution in [3.05, 3.63) is 36.1 Å². The van der Waals surface area contributed by atoms with Crippen LogP contribution in [-0.2, 0) is 0 Å². The molecule has 0 atom stereocenters. The van der Waals surface area contributed by atoms with Crippen molar-refractivity contribution < 1.29 is 13.3 Å². The third-order valence-corrected chi connectivity index (χ3v) is 3.57. The number of fused-ring (bicyclic) bond motifs is 6. The molecule has 0 unspecified atom stereocenters. The smallest absolute Gasteiger partial charge is 0.184 e. The van der Waals surface area contributed by atoms with Crippen LogP contribution >= 0.6 is 0 Å². The Morgan fingerprint density at radius 2 is 0.857 bits per heavy atom. The van der Waals surface area contributed by atoms with E-state index in [1.807, 2.05) is 0 Å². The molecule has 3 heterocycles. The summed E-state index contributed by atoms with van der Waals surface area (Å²) in [5, 5.41) is 4.62. The van der Waals surface area contributed by atoms with Crippen LogP contribution in [0.25, 0.3) is 32.3 Å². The minimum Gasteiger partial charge on any atom is -0.455 e. The monoisotopic (exact) mass is 270 g/mol. The Hall–Kier alpha value is -3.48. The van der Waals surface area contributed by atoms with Crippen LogP contribution < -0.4 is 0 Å². The van der Waals surface area contributed by atoms with Gasteiger partial charge >= 0.3 is 0 Å². The van der Waals surface area contributed by atoms with E-state index in [4.69, 9.17) is 32.5 Å². The number of benzene rings is 1. The molecule has 0 aliphatic carbocycles. The fraction of sp³-hybridized carbons (Fsp3) is 0. The van der Waals surface area contributed by atoms with E-state index < -0.39 is 0 Å². The first-order chi connectivity index (χ1) is 10.3. The fourth-order valence-corrected chi connectivity index (χ4v) is 2.75. The molecule has 0 spiro atoms. The Morgan fingerprint density at radius 3 is 1.10 bits per heavy atom. The lowest BCUT2D eigenvalue weighted by molar-refractivity contribution is 0.557. The van der Waals surface area contributed by atoms with Crippen molar-refractivity contribution >= 4 is 32.3 Å². The molecule has 0 aliphatic rings. The summed E-state index contributed by atoms with van der Waals surface area (Å²) in [7, 11) is 0. The predicted molar refractivity (Wildman–Crippen MR) is 79.6 cm³/mol. The first kappa shape index (κ1) is 11.4. The number of terminal acetylenes is 3. The summed E-state index contributed by atoms with van der Waals surface area (Å²) in [5.74, 6) is 8.79. The van der Waals surface area contributed by atoms with Gasteiger partial charge in [-0.05, 0) is 17.8 Å². The highest BCUT2D eigenvalue weighted by Crippen LogP contribution is 2.41. The molecule has 96 valence electrons. The van der Waals surface area contributed by atoms with Gasteiger partial charge in [-0.3, -0.25) is 0 Å². The average Bonchev–Trinajstić information content (AvgIpc) is 3.20. The van der Waals surface area contributed by atoms with Crippen molar-refractivity contribution in [1.29, 1.82) is 0 Å². The van der Waals surface area contributed by atoms with E-state index in [-0.39, 0.29) is 0 Å². The molecule has 21 heavy (non-hydrogen) atoms. The van der Waals surface area contributed by atoms with Crippen LogP contribution in [0.1, 0.15) is 17.3 Å². The molecule has 0 saturated heterocycles. The fourth-order valence-electron chi connectivity index (χ4n) is 2.75. The van der Waals surface area contributed by atoms with Gasteiger partial charge in [-0.2, -0.15) is 0 Å². The van der Waals surface area contributed by atoms with E-state index >= 15 is 0 Å². The molecule has 0 saturated carbocycles. The molecule has 0 fully saturated rings. The lowest BCUT2D eigenvalue weighted by Gasteiger charge is -1.97. The Kier molecular flexibility index (Phi) is 2.03. The maximum Gasteiger partial charge on any atom is 0.184 e. The molecule has 0 N–H and O–H groups in total. The Balaban J connectivity index is 2.47. The van der Waals surface area contributed by atoms with Gasteiger partial charge in [-0.1, -0.05) is 0 Å². The normalized spacial score (nSPS) is 10.7. The molecule has 3 nitrogen and oxygen atoms in total. The lowest BCUT2D eigenvalue weighted by Crippen LogP contribution is -1.79. The SMILES string of the molecule is C#Cc1occ2c1c1coc(C#C)c1c1coc(C#C)c21. The van der Waals surface area contributed by atoms with Gasteiger partial charge in [0.15, 0.2) is 17.3 Å².